The summed E-state index contributed by atoms with van der Waals surface area (Å²) in [4.78, 5) is 0. The molecule has 0 spiro atoms. The Kier molecular flexibility index (Phi) is 4.19. The van der Waals surface area contributed by atoms with Gasteiger partial charge in [-0.1, -0.05) is 36.8 Å². The molecule has 0 atom stereocenters. The van der Waals surface area contributed by atoms with Crippen LogP contribution in [0.25, 0.3) is 11.5 Å². The third kappa shape index (κ3) is 3.34. The van der Waals surface area contributed by atoms with Gasteiger partial charge in [0.05, 0.1) is 0 Å². The Bertz CT molecular complexity index is 731. The fraction of sp³-hybridized carbons (Fsp3) is 0.222. The molecule has 3 rings (SSSR count). The molecule has 0 fully saturated rings. The van der Waals surface area contributed by atoms with E-state index >= 15 is 0 Å². The number of hydrogen-bond donors (Lipinski definition) is 0. The second-order valence-electron chi connectivity index (χ2n) is 5.15. The van der Waals surface area contributed by atoms with Gasteiger partial charge in [0, 0.05) is 5.56 Å². The molecule has 112 valence electrons. The summed E-state index contributed by atoms with van der Waals surface area (Å²) in [5, 5.41) is 8.08. The minimum absolute atomic E-state index is 0.268. The molecule has 2 aromatic carbocycles. The van der Waals surface area contributed by atoms with E-state index < -0.39 is 0 Å². The minimum atomic E-state index is 0.268. The smallest absolute Gasteiger partial charge is 0.254 e. The predicted molar refractivity (Wildman–Crippen MR) is 84.6 cm³/mol. The number of hydrogen-bond acceptors (Lipinski definition) is 4. The van der Waals surface area contributed by atoms with Crippen molar-refractivity contribution in [3.63, 3.8) is 0 Å². The van der Waals surface area contributed by atoms with E-state index in [2.05, 4.69) is 29.3 Å². The van der Waals surface area contributed by atoms with Gasteiger partial charge in [0.15, 0.2) is 6.61 Å². The Morgan fingerprint density at radius 3 is 2.36 bits per heavy atom. The van der Waals surface area contributed by atoms with E-state index in [4.69, 9.17) is 9.15 Å². The second-order valence-corrected chi connectivity index (χ2v) is 5.15. The molecular weight excluding hydrogens is 276 g/mol. The van der Waals surface area contributed by atoms with Gasteiger partial charge in [-0.25, -0.2) is 0 Å². The Labute approximate surface area is 129 Å². The number of ether oxygens (including phenoxy) is 1. The van der Waals surface area contributed by atoms with Gasteiger partial charge in [-0.05, 0) is 43.2 Å². The standard InChI is InChI=1S/C18H18N2O2/c1-3-14-6-10-16(11-7-14)21-12-17-19-20-18(22-17)15-8-4-13(2)5-9-15/h4-11H,3,12H2,1-2H3. The van der Waals surface area contributed by atoms with E-state index in [-0.39, 0.29) is 6.61 Å². The summed E-state index contributed by atoms with van der Waals surface area (Å²) in [5.41, 5.74) is 3.39. The molecule has 0 amide bonds. The zero-order valence-electron chi connectivity index (χ0n) is 12.7. The molecule has 4 heteroatoms. The molecule has 3 aromatic rings. The highest BCUT2D eigenvalue weighted by Crippen LogP contribution is 2.19. The van der Waals surface area contributed by atoms with E-state index in [1.807, 2.05) is 43.3 Å². The Hall–Kier alpha value is -2.62. The number of rotatable bonds is 5. The monoisotopic (exact) mass is 294 g/mol. The number of aromatic nitrogens is 2. The van der Waals surface area contributed by atoms with Gasteiger partial charge in [0.25, 0.3) is 5.89 Å². The van der Waals surface area contributed by atoms with Gasteiger partial charge in [0.1, 0.15) is 5.75 Å². The van der Waals surface area contributed by atoms with E-state index in [9.17, 15) is 0 Å². The summed E-state index contributed by atoms with van der Waals surface area (Å²) in [6.45, 7) is 4.44. The van der Waals surface area contributed by atoms with Crippen molar-refractivity contribution in [1.29, 1.82) is 0 Å². The molecule has 22 heavy (non-hydrogen) atoms. The van der Waals surface area contributed by atoms with Crippen LogP contribution >= 0.6 is 0 Å². The van der Waals surface area contributed by atoms with Crippen molar-refractivity contribution in [2.75, 3.05) is 0 Å². The molecule has 4 nitrogen and oxygen atoms in total. The molecule has 0 saturated carbocycles. The Morgan fingerprint density at radius 1 is 0.955 bits per heavy atom. The molecule has 0 aliphatic rings. The van der Waals surface area contributed by atoms with E-state index in [1.165, 1.54) is 11.1 Å². The van der Waals surface area contributed by atoms with Gasteiger partial charge in [-0.15, -0.1) is 10.2 Å². The van der Waals surface area contributed by atoms with Crippen LogP contribution in [0.3, 0.4) is 0 Å². The third-order valence-electron chi connectivity index (χ3n) is 3.46. The maximum Gasteiger partial charge on any atom is 0.254 e. The van der Waals surface area contributed by atoms with Gasteiger partial charge < -0.3 is 9.15 Å². The van der Waals surface area contributed by atoms with E-state index in [0.717, 1.165) is 17.7 Å². The van der Waals surface area contributed by atoms with Crippen LogP contribution in [0, 0.1) is 6.92 Å². The van der Waals surface area contributed by atoms with Crippen LogP contribution in [0.4, 0.5) is 0 Å². The van der Waals surface area contributed by atoms with Gasteiger partial charge in [0.2, 0.25) is 5.89 Å². The van der Waals surface area contributed by atoms with Crippen LogP contribution in [-0.4, -0.2) is 10.2 Å². The Balaban J connectivity index is 1.65. The molecule has 1 aromatic heterocycles. The highest BCUT2D eigenvalue weighted by Gasteiger charge is 2.08. The largest absolute Gasteiger partial charge is 0.484 e. The fourth-order valence-corrected chi connectivity index (χ4v) is 2.09. The van der Waals surface area contributed by atoms with Crippen molar-refractivity contribution >= 4 is 0 Å². The summed E-state index contributed by atoms with van der Waals surface area (Å²) >= 11 is 0. The molecule has 0 N–H and O–H groups in total. The quantitative estimate of drug-likeness (QED) is 0.708. The third-order valence-corrected chi connectivity index (χ3v) is 3.46. The van der Waals surface area contributed by atoms with Crippen LogP contribution in [0.2, 0.25) is 0 Å². The van der Waals surface area contributed by atoms with Gasteiger partial charge >= 0.3 is 0 Å². The van der Waals surface area contributed by atoms with Crippen molar-refractivity contribution in [3.8, 4) is 17.2 Å². The van der Waals surface area contributed by atoms with Gasteiger partial charge in [-0.3, -0.25) is 0 Å². The maximum absolute atomic E-state index is 5.66. The van der Waals surface area contributed by atoms with Crippen molar-refractivity contribution in [2.24, 2.45) is 0 Å². The first-order valence-corrected chi connectivity index (χ1v) is 7.36. The lowest BCUT2D eigenvalue weighted by molar-refractivity contribution is 0.264. The van der Waals surface area contributed by atoms with E-state index in [1.54, 1.807) is 0 Å². The summed E-state index contributed by atoms with van der Waals surface area (Å²) in [6, 6.07) is 16.0. The number of nitrogens with zero attached hydrogens (tertiary/aromatic N) is 2. The second kappa shape index (κ2) is 6.43. The highest BCUT2D eigenvalue weighted by molar-refractivity contribution is 5.52. The van der Waals surface area contributed by atoms with E-state index in [0.29, 0.717) is 11.8 Å². The zero-order chi connectivity index (χ0) is 15.4. The van der Waals surface area contributed by atoms with Crippen LogP contribution in [-0.2, 0) is 13.0 Å². The molecule has 0 radical (unpaired) electrons. The predicted octanol–water partition coefficient (Wildman–Crippen LogP) is 4.19. The molecule has 0 bridgehead atoms. The van der Waals surface area contributed by atoms with Crippen LogP contribution in [0.5, 0.6) is 5.75 Å². The zero-order valence-corrected chi connectivity index (χ0v) is 12.7. The fourth-order valence-electron chi connectivity index (χ4n) is 2.09. The van der Waals surface area contributed by atoms with Crippen molar-refractivity contribution in [3.05, 3.63) is 65.5 Å². The minimum Gasteiger partial charge on any atom is -0.484 e. The summed E-state index contributed by atoms with van der Waals surface area (Å²) < 4.78 is 11.3. The van der Waals surface area contributed by atoms with Crippen LogP contribution in [0.1, 0.15) is 23.9 Å². The lowest BCUT2D eigenvalue weighted by atomic mass is 10.1. The maximum atomic E-state index is 5.66. The molecule has 0 unspecified atom stereocenters. The topological polar surface area (TPSA) is 48.2 Å². The molecule has 0 aliphatic heterocycles. The normalized spacial score (nSPS) is 10.6. The number of aryl methyl sites for hydroxylation is 2. The number of benzene rings is 2. The van der Waals surface area contributed by atoms with Crippen molar-refractivity contribution < 1.29 is 9.15 Å². The molecular formula is C18H18N2O2. The lowest BCUT2D eigenvalue weighted by Crippen LogP contribution is -1.95. The summed E-state index contributed by atoms with van der Waals surface area (Å²) in [7, 11) is 0. The first-order valence-electron chi connectivity index (χ1n) is 7.36. The molecule has 0 saturated heterocycles. The first-order chi connectivity index (χ1) is 10.7. The van der Waals surface area contributed by atoms with Crippen LogP contribution < -0.4 is 4.74 Å². The summed E-state index contributed by atoms with van der Waals surface area (Å²) in [6.07, 6.45) is 1.02. The van der Waals surface area contributed by atoms with Crippen LogP contribution in [0.15, 0.2) is 52.9 Å². The average Bonchev–Trinajstić information content (AvgIpc) is 3.03. The van der Waals surface area contributed by atoms with Crippen molar-refractivity contribution in [1.82, 2.24) is 10.2 Å². The molecule has 0 aliphatic carbocycles. The van der Waals surface area contributed by atoms with Gasteiger partial charge in [-0.2, -0.15) is 0 Å². The average molecular weight is 294 g/mol. The molecule has 1 heterocycles. The Morgan fingerprint density at radius 2 is 1.68 bits per heavy atom. The SMILES string of the molecule is CCc1ccc(OCc2nnc(-c3ccc(C)cc3)o2)cc1. The first kappa shape index (κ1) is 14.3. The highest BCUT2D eigenvalue weighted by atomic mass is 16.5. The summed E-state index contributed by atoms with van der Waals surface area (Å²) in [5.74, 6) is 1.78. The lowest BCUT2D eigenvalue weighted by Gasteiger charge is -2.03. The van der Waals surface area contributed by atoms with Crippen molar-refractivity contribution in [2.45, 2.75) is 26.9 Å².